The lowest BCUT2D eigenvalue weighted by atomic mass is 10.2. The van der Waals surface area contributed by atoms with E-state index in [1.165, 1.54) is 11.3 Å². The van der Waals surface area contributed by atoms with E-state index in [0.29, 0.717) is 16.4 Å². The van der Waals surface area contributed by atoms with E-state index in [1.54, 1.807) is 30.3 Å². The van der Waals surface area contributed by atoms with Crippen molar-refractivity contribution in [1.82, 2.24) is 0 Å². The Labute approximate surface area is 97.2 Å². The number of aliphatic hydroxyl groups is 1. The molecular weight excluding hydrogens is 222 g/mol. The van der Waals surface area contributed by atoms with Crippen LogP contribution in [0.15, 0.2) is 36.4 Å². The summed E-state index contributed by atoms with van der Waals surface area (Å²) in [6.45, 7) is 0.0201. The molecule has 0 radical (unpaired) electrons. The van der Waals surface area contributed by atoms with E-state index in [2.05, 4.69) is 6.07 Å². The first-order valence-electron chi connectivity index (χ1n) is 4.69. The lowest BCUT2D eigenvalue weighted by Gasteiger charge is -2.01. The number of thiophene rings is 1. The maximum absolute atomic E-state index is 8.91. The summed E-state index contributed by atoms with van der Waals surface area (Å²) in [6.07, 6.45) is 0. The molecule has 2 aromatic rings. The second kappa shape index (κ2) is 4.79. The van der Waals surface area contributed by atoms with Crippen molar-refractivity contribution in [2.24, 2.45) is 0 Å². The molecule has 1 N–H and O–H groups in total. The molecule has 1 aromatic carbocycles. The highest BCUT2D eigenvalue weighted by atomic mass is 32.1. The largest absolute Gasteiger partial charge is 0.447 e. The molecule has 0 aliphatic heterocycles. The normalized spacial score (nSPS) is 9.75. The molecule has 4 heteroatoms. The highest BCUT2D eigenvalue weighted by molar-refractivity contribution is 7.13. The van der Waals surface area contributed by atoms with Crippen molar-refractivity contribution in [3.63, 3.8) is 0 Å². The maximum atomic E-state index is 8.91. The number of aliphatic hydroxyl groups excluding tert-OH is 1. The lowest BCUT2D eigenvalue weighted by Crippen LogP contribution is -1.81. The zero-order valence-corrected chi connectivity index (χ0v) is 9.20. The third-order valence-corrected chi connectivity index (χ3v) is 2.92. The van der Waals surface area contributed by atoms with Crippen LogP contribution in [0.25, 0.3) is 0 Å². The number of benzene rings is 1. The molecule has 1 heterocycles. The Morgan fingerprint density at radius 2 is 2.19 bits per heavy atom. The van der Waals surface area contributed by atoms with Crippen LogP contribution in [0.1, 0.15) is 10.4 Å². The fourth-order valence-electron chi connectivity index (χ4n) is 1.24. The molecule has 0 amide bonds. The summed E-state index contributed by atoms with van der Waals surface area (Å²) >= 11 is 1.39. The summed E-state index contributed by atoms with van der Waals surface area (Å²) in [6, 6.07) is 12.6. The Bertz CT molecular complexity index is 528. The third kappa shape index (κ3) is 2.40. The number of rotatable bonds is 3. The van der Waals surface area contributed by atoms with Crippen molar-refractivity contribution < 1.29 is 9.84 Å². The molecule has 0 aliphatic rings. The van der Waals surface area contributed by atoms with Gasteiger partial charge in [0.05, 0.1) is 18.2 Å². The predicted molar refractivity (Wildman–Crippen MR) is 61.5 cm³/mol. The smallest absolute Gasteiger partial charge is 0.181 e. The molecule has 80 valence electrons. The molecule has 16 heavy (non-hydrogen) atoms. The highest BCUT2D eigenvalue weighted by Gasteiger charge is 2.02. The Kier molecular flexibility index (Phi) is 3.20. The summed E-state index contributed by atoms with van der Waals surface area (Å²) in [5.74, 6) is 0.630. The monoisotopic (exact) mass is 231 g/mol. The van der Waals surface area contributed by atoms with E-state index >= 15 is 0 Å². The molecule has 0 aliphatic carbocycles. The number of nitriles is 1. The number of hydrogen-bond donors (Lipinski definition) is 1. The zero-order chi connectivity index (χ0) is 11.4. The molecule has 3 nitrogen and oxygen atoms in total. The van der Waals surface area contributed by atoms with Crippen LogP contribution in [0.4, 0.5) is 0 Å². The van der Waals surface area contributed by atoms with Crippen LogP contribution in [0.5, 0.6) is 10.8 Å². The molecule has 0 unspecified atom stereocenters. The van der Waals surface area contributed by atoms with E-state index in [1.807, 2.05) is 6.07 Å². The van der Waals surface area contributed by atoms with Gasteiger partial charge in [-0.2, -0.15) is 5.26 Å². The molecule has 0 bridgehead atoms. The molecule has 0 spiro atoms. The summed E-state index contributed by atoms with van der Waals surface area (Å²) in [7, 11) is 0. The van der Waals surface area contributed by atoms with Gasteiger partial charge in [0, 0.05) is 4.88 Å². The van der Waals surface area contributed by atoms with Crippen LogP contribution < -0.4 is 4.74 Å². The molecular formula is C12H9NO2S. The van der Waals surface area contributed by atoms with Gasteiger partial charge in [-0.05, 0) is 30.3 Å². The lowest BCUT2D eigenvalue weighted by molar-refractivity contribution is 0.285. The molecule has 0 saturated carbocycles. The minimum absolute atomic E-state index is 0.0201. The molecule has 0 atom stereocenters. The average molecular weight is 231 g/mol. The van der Waals surface area contributed by atoms with Crippen molar-refractivity contribution in [3.05, 3.63) is 46.8 Å². The van der Waals surface area contributed by atoms with E-state index in [0.717, 1.165) is 4.88 Å². The van der Waals surface area contributed by atoms with Crippen molar-refractivity contribution in [2.75, 3.05) is 0 Å². The fraction of sp³-hybridized carbons (Fsp3) is 0.0833. The number of hydrogen-bond acceptors (Lipinski definition) is 4. The third-order valence-electron chi connectivity index (χ3n) is 1.97. The van der Waals surface area contributed by atoms with Crippen molar-refractivity contribution in [1.29, 1.82) is 5.26 Å². The van der Waals surface area contributed by atoms with Crippen LogP contribution in [0.3, 0.4) is 0 Å². The molecule has 2 rings (SSSR count). The fourth-order valence-corrected chi connectivity index (χ4v) is 1.98. The number of ether oxygens (including phenoxy) is 1. The van der Waals surface area contributed by atoms with Gasteiger partial charge in [0.25, 0.3) is 0 Å². The highest BCUT2D eigenvalue weighted by Crippen LogP contribution is 2.29. The van der Waals surface area contributed by atoms with Gasteiger partial charge >= 0.3 is 0 Å². The van der Waals surface area contributed by atoms with Crippen molar-refractivity contribution >= 4 is 11.3 Å². The average Bonchev–Trinajstić information content (AvgIpc) is 2.77. The van der Waals surface area contributed by atoms with Crippen molar-refractivity contribution in [3.8, 4) is 16.9 Å². The topological polar surface area (TPSA) is 53.2 Å². The minimum Gasteiger partial charge on any atom is -0.447 e. The van der Waals surface area contributed by atoms with Gasteiger partial charge in [-0.1, -0.05) is 6.07 Å². The van der Waals surface area contributed by atoms with Gasteiger partial charge < -0.3 is 9.84 Å². The van der Waals surface area contributed by atoms with E-state index < -0.39 is 0 Å². The van der Waals surface area contributed by atoms with Gasteiger partial charge in [0.15, 0.2) is 5.06 Å². The van der Waals surface area contributed by atoms with Crippen LogP contribution >= 0.6 is 11.3 Å². The van der Waals surface area contributed by atoms with Crippen LogP contribution in [0.2, 0.25) is 0 Å². The standard InChI is InChI=1S/C12H9NO2S/c13-7-9-2-1-3-10(6-9)15-12-5-4-11(8-14)16-12/h1-6,14H,8H2. The summed E-state index contributed by atoms with van der Waals surface area (Å²) in [5, 5.41) is 18.4. The first-order chi connectivity index (χ1) is 7.81. The zero-order valence-electron chi connectivity index (χ0n) is 8.38. The van der Waals surface area contributed by atoms with Gasteiger partial charge in [-0.3, -0.25) is 0 Å². The molecule has 0 fully saturated rings. The molecule has 0 saturated heterocycles. The van der Waals surface area contributed by atoms with E-state index in [4.69, 9.17) is 15.1 Å². The van der Waals surface area contributed by atoms with Crippen LogP contribution in [-0.4, -0.2) is 5.11 Å². The summed E-state index contributed by atoms with van der Waals surface area (Å²) in [5.41, 5.74) is 0.566. The van der Waals surface area contributed by atoms with Gasteiger partial charge in [0.1, 0.15) is 5.75 Å². The Morgan fingerprint density at radius 3 is 2.88 bits per heavy atom. The van der Waals surface area contributed by atoms with Gasteiger partial charge in [-0.25, -0.2) is 0 Å². The first kappa shape index (κ1) is 10.7. The minimum atomic E-state index is 0.0201. The van der Waals surface area contributed by atoms with Crippen LogP contribution in [-0.2, 0) is 6.61 Å². The SMILES string of the molecule is N#Cc1cccc(Oc2ccc(CO)s2)c1. The Balaban J connectivity index is 2.17. The Hall–Kier alpha value is -1.83. The quantitative estimate of drug-likeness (QED) is 0.883. The van der Waals surface area contributed by atoms with E-state index in [-0.39, 0.29) is 6.61 Å². The second-order valence-electron chi connectivity index (χ2n) is 3.12. The van der Waals surface area contributed by atoms with Gasteiger partial charge in [0.2, 0.25) is 0 Å². The Morgan fingerprint density at radius 1 is 1.31 bits per heavy atom. The predicted octanol–water partition coefficient (Wildman–Crippen LogP) is 2.90. The first-order valence-corrected chi connectivity index (χ1v) is 5.51. The summed E-state index contributed by atoms with van der Waals surface area (Å²) < 4.78 is 5.56. The maximum Gasteiger partial charge on any atom is 0.181 e. The number of nitrogens with zero attached hydrogens (tertiary/aromatic N) is 1. The van der Waals surface area contributed by atoms with E-state index in [9.17, 15) is 0 Å². The molecule has 1 aromatic heterocycles. The second-order valence-corrected chi connectivity index (χ2v) is 4.25. The van der Waals surface area contributed by atoms with Crippen molar-refractivity contribution in [2.45, 2.75) is 6.61 Å². The summed E-state index contributed by atoms with van der Waals surface area (Å²) in [4.78, 5) is 0.853. The van der Waals surface area contributed by atoms with Crippen LogP contribution in [0, 0.1) is 11.3 Å². The van der Waals surface area contributed by atoms with Gasteiger partial charge in [-0.15, -0.1) is 11.3 Å².